The average molecular weight is 665 g/mol. The molecule has 0 unspecified atom stereocenters. The molecule has 190 valence electrons. The molecule has 10 heteroatoms. The maximum atomic E-state index is 12.9. The van der Waals surface area contributed by atoms with E-state index in [9.17, 15) is 9.59 Å². The van der Waals surface area contributed by atoms with E-state index in [1.807, 2.05) is 42.5 Å². The Morgan fingerprint density at radius 3 is 2.35 bits per heavy atom. The van der Waals surface area contributed by atoms with E-state index in [2.05, 4.69) is 36.9 Å². The minimum Gasteiger partial charge on any atom is -0.487 e. The van der Waals surface area contributed by atoms with E-state index >= 15 is 0 Å². The lowest BCUT2D eigenvalue weighted by molar-refractivity contribution is -0.121. The lowest BCUT2D eigenvalue weighted by atomic mass is 10.2. The van der Waals surface area contributed by atoms with E-state index in [1.165, 1.54) is 16.7 Å². The van der Waals surface area contributed by atoms with Crippen molar-refractivity contribution in [1.82, 2.24) is 4.90 Å². The molecular weight excluding hydrogens is 644 g/mol. The van der Waals surface area contributed by atoms with Crippen molar-refractivity contribution in [3.05, 3.63) is 96.2 Å². The zero-order valence-corrected chi connectivity index (χ0v) is 24.6. The molecule has 3 aromatic rings. The fourth-order valence-electron chi connectivity index (χ4n) is 3.34. The first-order valence-corrected chi connectivity index (χ1v) is 13.9. The minimum atomic E-state index is -0.381. The van der Waals surface area contributed by atoms with Gasteiger partial charge in [-0.25, -0.2) is 9.79 Å². The summed E-state index contributed by atoms with van der Waals surface area (Å²) in [5, 5.41) is 1.22. The first-order chi connectivity index (χ1) is 17.7. The fourth-order valence-corrected chi connectivity index (χ4v) is 5.90. The summed E-state index contributed by atoms with van der Waals surface area (Å²) < 4.78 is 12.5. The normalized spacial score (nSPS) is 15.5. The summed E-state index contributed by atoms with van der Waals surface area (Å²) in [6, 6.07) is 18.0. The smallest absolute Gasteiger partial charge is 0.338 e. The van der Waals surface area contributed by atoms with Gasteiger partial charge in [0, 0.05) is 12.1 Å². The zero-order valence-electron chi connectivity index (χ0n) is 19.8. The van der Waals surface area contributed by atoms with Crippen molar-refractivity contribution in [3.63, 3.8) is 0 Å². The van der Waals surface area contributed by atoms with Crippen LogP contribution >= 0.6 is 55.2 Å². The number of hydrogen-bond acceptors (Lipinski definition) is 6. The molecule has 0 aromatic heterocycles. The highest BCUT2D eigenvalue weighted by Crippen LogP contribution is 2.38. The van der Waals surface area contributed by atoms with Gasteiger partial charge >= 0.3 is 5.97 Å². The lowest BCUT2D eigenvalue weighted by Gasteiger charge is -2.12. The molecular formula is C27H21Br2ClN2O4S. The number of esters is 1. The highest BCUT2D eigenvalue weighted by Gasteiger charge is 2.30. The Bertz CT molecular complexity index is 1370. The molecule has 0 bridgehead atoms. The monoisotopic (exact) mass is 662 g/mol. The summed E-state index contributed by atoms with van der Waals surface area (Å²) in [4.78, 5) is 31.4. The Balaban J connectivity index is 1.49. The number of carbonyl (C=O) groups is 2. The fraction of sp³-hybridized carbons (Fsp3) is 0.148. The third-order valence-corrected chi connectivity index (χ3v) is 7.71. The van der Waals surface area contributed by atoms with E-state index in [0.29, 0.717) is 45.3 Å². The maximum Gasteiger partial charge on any atom is 0.338 e. The number of rotatable bonds is 7. The summed E-state index contributed by atoms with van der Waals surface area (Å²) >= 11 is 14.4. The second-order valence-corrected chi connectivity index (χ2v) is 11.0. The Morgan fingerprint density at radius 2 is 1.73 bits per heavy atom. The van der Waals surface area contributed by atoms with Gasteiger partial charge in [0.1, 0.15) is 12.4 Å². The number of ether oxygens (including phenoxy) is 2. The largest absolute Gasteiger partial charge is 0.487 e. The van der Waals surface area contributed by atoms with Crippen LogP contribution in [0.15, 0.2) is 79.5 Å². The van der Waals surface area contributed by atoms with Crippen molar-refractivity contribution in [1.29, 1.82) is 0 Å². The Labute approximate surface area is 241 Å². The van der Waals surface area contributed by atoms with Crippen molar-refractivity contribution in [2.24, 2.45) is 4.99 Å². The molecule has 1 aliphatic heterocycles. The topological polar surface area (TPSA) is 68.2 Å². The van der Waals surface area contributed by atoms with Crippen molar-refractivity contribution in [3.8, 4) is 5.75 Å². The van der Waals surface area contributed by atoms with Crippen molar-refractivity contribution >= 4 is 84.0 Å². The van der Waals surface area contributed by atoms with Crippen LogP contribution in [-0.4, -0.2) is 35.6 Å². The van der Waals surface area contributed by atoms with Gasteiger partial charge in [0.2, 0.25) is 0 Å². The summed E-state index contributed by atoms with van der Waals surface area (Å²) in [6.45, 7) is 2.46. The Hall–Kier alpha value is -2.59. The van der Waals surface area contributed by atoms with Crippen LogP contribution in [0.25, 0.3) is 6.08 Å². The highest BCUT2D eigenvalue weighted by atomic mass is 79.9. The van der Waals surface area contributed by atoms with Crippen LogP contribution in [0.3, 0.4) is 0 Å². The zero-order chi connectivity index (χ0) is 26.5. The van der Waals surface area contributed by atoms with Gasteiger partial charge in [0.15, 0.2) is 5.17 Å². The highest BCUT2D eigenvalue weighted by molar-refractivity contribution is 9.11. The molecule has 0 spiro atoms. The van der Waals surface area contributed by atoms with Crippen LogP contribution in [-0.2, 0) is 16.1 Å². The molecule has 37 heavy (non-hydrogen) atoms. The summed E-state index contributed by atoms with van der Waals surface area (Å²) in [7, 11) is 1.68. The number of carbonyl (C=O) groups excluding carboxylic acids is 2. The summed E-state index contributed by atoms with van der Waals surface area (Å²) in [5.41, 5.74) is 2.89. The van der Waals surface area contributed by atoms with Crippen molar-refractivity contribution in [2.75, 3.05) is 13.7 Å². The third kappa shape index (κ3) is 6.84. The molecule has 6 nitrogen and oxygen atoms in total. The number of thioether (sulfide) groups is 1. The molecule has 1 heterocycles. The van der Waals surface area contributed by atoms with Crippen molar-refractivity contribution in [2.45, 2.75) is 13.5 Å². The van der Waals surface area contributed by atoms with Gasteiger partial charge in [-0.3, -0.25) is 9.69 Å². The predicted molar refractivity (Wildman–Crippen MR) is 155 cm³/mol. The summed E-state index contributed by atoms with van der Waals surface area (Å²) in [5.74, 6) is 0.128. The van der Waals surface area contributed by atoms with Crippen molar-refractivity contribution < 1.29 is 19.1 Å². The third-order valence-electron chi connectivity index (χ3n) is 5.22. The molecule has 0 saturated carbocycles. The standard InChI is InChI=1S/C27H21Br2ClN2O4S/c1-3-35-26(34)18-6-10-20(11-7-18)31-27-32(2)25(33)23(37-27)14-17-12-21(28)24(22(29)13-17)36-15-16-4-8-19(30)9-5-16/h4-14H,3,15H2,1-2H3. The second-order valence-electron chi connectivity index (χ2n) is 7.87. The van der Waals surface area contributed by atoms with E-state index in [1.54, 1.807) is 38.2 Å². The Kier molecular flexibility index (Phi) is 9.13. The van der Waals surface area contributed by atoms with Crippen LogP contribution in [0.1, 0.15) is 28.4 Å². The Morgan fingerprint density at radius 1 is 1.08 bits per heavy atom. The maximum absolute atomic E-state index is 12.9. The molecule has 0 N–H and O–H groups in total. The molecule has 1 fully saturated rings. The first-order valence-electron chi connectivity index (χ1n) is 11.1. The van der Waals surface area contributed by atoms with E-state index in [4.69, 9.17) is 21.1 Å². The van der Waals surface area contributed by atoms with Gasteiger partial charge in [-0.2, -0.15) is 0 Å². The van der Waals surface area contributed by atoms with Gasteiger partial charge in [-0.15, -0.1) is 0 Å². The average Bonchev–Trinajstić information content (AvgIpc) is 3.12. The van der Waals surface area contributed by atoms with E-state index < -0.39 is 0 Å². The van der Waals surface area contributed by atoms with Crippen LogP contribution in [0, 0.1) is 0 Å². The molecule has 0 atom stereocenters. The van der Waals surface area contributed by atoms with Crippen LogP contribution in [0.2, 0.25) is 5.02 Å². The van der Waals surface area contributed by atoms with Crippen LogP contribution in [0.5, 0.6) is 5.75 Å². The number of likely N-dealkylation sites (N-methyl/N-ethyl adjacent to an activating group) is 1. The van der Waals surface area contributed by atoms with Gasteiger partial charge in [-0.1, -0.05) is 23.7 Å². The first kappa shape index (κ1) is 27.4. The quantitative estimate of drug-likeness (QED) is 0.190. The second kappa shape index (κ2) is 12.3. The molecule has 1 amide bonds. The molecule has 0 radical (unpaired) electrons. The number of benzene rings is 3. The molecule has 0 aliphatic carbocycles. The predicted octanol–water partition coefficient (Wildman–Crippen LogP) is 7.85. The lowest BCUT2D eigenvalue weighted by Crippen LogP contribution is -2.23. The van der Waals surface area contributed by atoms with E-state index in [0.717, 1.165) is 20.1 Å². The van der Waals surface area contributed by atoms with Gasteiger partial charge in [-0.05, 0) is 116 Å². The van der Waals surface area contributed by atoms with E-state index in [-0.39, 0.29) is 11.9 Å². The summed E-state index contributed by atoms with van der Waals surface area (Å²) in [6.07, 6.45) is 1.81. The van der Waals surface area contributed by atoms with Gasteiger partial charge in [0.05, 0.1) is 31.7 Å². The van der Waals surface area contributed by atoms with Crippen LogP contribution in [0.4, 0.5) is 5.69 Å². The van der Waals surface area contributed by atoms with Gasteiger partial charge < -0.3 is 9.47 Å². The minimum absolute atomic E-state index is 0.151. The number of amidine groups is 1. The number of aliphatic imine (C=N–C) groups is 1. The number of hydrogen-bond donors (Lipinski definition) is 0. The molecule has 3 aromatic carbocycles. The van der Waals surface area contributed by atoms with Crippen LogP contribution < -0.4 is 4.74 Å². The number of halogens is 3. The number of amides is 1. The number of nitrogens with zero attached hydrogens (tertiary/aromatic N) is 2. The molecule has 1 saturated heterocycles. The molecule has 1 aliphatic rings. The molecule has 4 rings (SSSR count). The SMILES string of the molecule is CCOC(=O)c1ccc(N=C2SC(=Cc3cc(Br)c(OCc4ccc(Cl)cc4)c(Br)c3)C(=O)N2C)cc1. The van der Waals surface area contributed by atoms with Gasteiger partial charge in [0.25, 0.3) is 5.91 Å².